The Bertz CT molecular complexity index is 713. The monoisotopic (exact) mass is 295 g/mol. The SMILES string of the molecule is O=C(O)c1cc2c([nH]c3ccc(Br)cc32)s1. The zero-order valence-corrected chi connectivity index (χ0v) is 10.4. The van der Waals surface area contributed by atoms with Gasteiger partial charge in [0.15, 0.2) is 0 Å². The van der Waals surface area contributed by atoms with E-state index >= 15 is 0 Å². The lowest BCUT2D eigenvalue weighted by Crippen LogP contribution is -1.89. The van der Waals surface area contributed by atoms with E-state index < -0.39 is 5.97 Å². The van der Waals surface area contributed by atoms with Gasteiger partial charge >= 0.3 is 5.97 Å². The molecule has 0 fully saturated rings. The van der Waals surface area contributed by atoms with Gasteiger partial charge < -0.3 is 10.1 Å². The Morgan fingerprint density at radius 3 is 2.88 bits per heavy atom. The van der Waals surface area contributed by atoms with Crippen LogP contribution in [-0.2, 0) is 0 Å². The Balaban J connectivity index is 2.40. The Labute approximate surface area is 103 Å². The van der Waals surface area contributed by atoms with Crippen LogP contribution in [0.4, 0.5) is 0 Å². The number of aromatic carboxylic acids is 1. The lowest BCUT2D eigenvalue weighted by Gasteiger charge is -1.91. The van der Waals surface area contributed by atoms with E-state index in [1.165, 1.54) is 11.3 Å². The fraction of sp³-hybridized carbons (Fsp3) is 0. The molecule has 0 aliphatic rings. The van der Waals surface area contributed by atoms with Crippen molar-refractivity contribution in [3.63, 3.8) is 0 Å². The molecule has 0 aliphatic carbocycles. The number of aromatic amines is 1. The Kier molecular flexibility index (Phi) is 2.05. The standard InChI is InChI=1S/C11H6BrNO2S/c12-5-1-2-8-6(3-5)7-4-9(11(14)15)16-10(7)13-8/h1-4,13H,(H,14,15). The first kappa shape index (κ1) is 9.86. The fourth-order valence-electron chi connectivity index (χ4n) is 1.76. The highest BCUT2D eigenvalue weighted by atomic mass is 79.9. The van der Waals surface area contributed by atoms with Crippen LogP contribution in [-0.4, -0.2) is 16.1 Å². The van der Waals surface area contributed by atoms with E-state index in [4.69, 9.17) is 5.11 Å². The number of carbonyl (C=O) groups is 1. The molecule has 0 saturated carbocycles. The van der Waals surface area contributed by atoms with Crippen molar-refractivity contribution in [2.45, 2.75) is 0 Å². The fourth-order valence-corrected chi connectivity index (χ4v) is 3.04. The molecule has 2 heterocycles. The van der Waals surface area contributed by atoms with E-state index in [2.05, 4.69) is 20.9 Å². The molecular weight excluding hydrogens is 290 g/mol. The van der Waals surface area contributed by atoms with Crippen molar-refractivity contribution >= 4 is 54.4 Å². The van der Waals surface area contributed by atoms with Crippen molar-refractivity contribution < 1.29 is 9.90 Å². The maximum absolute atomic E-state index is 10.9. The average molecular weight is 296 g/mol. The highest BCUT2D eigenvalue weighted by Gasteiger charge is 2.12. The summed E-state index contributed by atoms with van der Waals surface area (Å²) in [6, 6.07) is 7.65. The summed E-state index contributed by atoms with van der Waals surface area (Å²) in [5.74, 6) is -0.877. The molecule has 0 aliphatic heterocycles. The summed E-state index contributed by atoms with van der Waals surface area (Å²) in [5, 5.41) is 10.9. The molecule has 1 aromatic carbocycles. The third kappa shape index (κ3) is 1.36. The molecule has 16 heavy (non-hydrogen) atoms. The minimum absolute atomic E-state index is 0.364. The predicted octanol–water partition coefficient (Wildman–Crippen LogP) is 3.84. The highest BCUT2D eigenvalue weighted by Crippen LogP contribution is 2.33. The molecule has 2 aromatic heterocycles. The van der Waals surface area contributed by atoms with E-state index in [0.717, 1.165) is 25.6 Å². The summed E-state index contributed by atoms with van der Waals surface area (Å²) in [5.41, 5.74) is 1.03. The molecule has 0 radical (unpaired) electrons. The summed E-state index contributed by atoms with van der Waals surface area (Å²) in [4.78, 5) is 15.3. The van der Waals surface area contributed by atoms with Crippen LogP contribution < -0.4 is 0 Å². The van der Waals surface area contributed by atoms with Gasteiger partial charge in [0.2, 0.25) is 0 Å². The van der Waals surface area contributed by atoms with Crippen molar-refractivity contribution in [3.8, 4) is 0 Å². The number of halogens is 1. The number of thiophene rings is 1. The van der Waals surface area contributed by atoms with Crippen molar-refractivity contribution in [1.29, 1.82) is 0 Å². The summed E-state index contributed by atoms with van der Waals surface area (Å²) in [6.07, 6.45) is 0. The Morgan fingerprint density at radius 1 is 1.31 bits per heavy atom. The van der Waals surface area contributed by atoms with Gasteiger partial charge in [0.05, 0.1) is 0 Å². The molecule has 0 spiro atoms. The molecule has 3 nitrogen and oxygen atoms in total. The van der Waals surface area contributed by atoms with Gasteiger partial charge in [0.25, 0.3) is 0 Å². The molecule has 0 saturated heterocycles. The molecule has 0 bridgehead atoms. The number of benzene rings is 1. The van der Waals surface area contributed by atoms with Gasteiger partial charge in [-0.2, -0.15) is 0 Å². The normalized spacial score (nSPS) is 11.3. The van der Waals surface area contributed by atoms with E-state index in [-0.39, 0.29) is 0 Å². The lowest BCUT2D eigenvalue weighted by atomic mass is 10.2. The molecule has 0 atom stereocenters. The topological polar surface area (TPSA) is 53.1 Å². The van der Waals surface area contributed by atoms with Crippen molar-refractivity contribution in [2.75, 3.05) is 0 Å². The second-order valence-corrected chi connectivity index (χ2v) is 5.44. The molecule has 0 amide bonds. The number of fused-ring (bicyclic) bond motifs is 3. The van der Waals surface area contributed by atoms with Gasteiger partial charge in [0, 0.05) is 20.8 Å². The Hall–Kier alpha value is -1.33. The minimum atomic E-state index is -0.877. The number of carboxylic acid groups (broad SMARTS) is 1. The molecule has 3 rings (SSSR count). The highest BCUT2D eigenvalue weighted by molar-refractivity contribution is 9.10. The van der Waals surface area contributed by atoms with Crippen LogP contribution in [0.15, 0.2) is 28.7 Å². The van der Waals surface area contributed by atoms with E-state index in [1.807, 2.05) is 18.2 Å². The van der Waals surface area contributed by atoms with E-state index in [9.17, 15) is 4.79 Å². The number of carboxylic acids is 1. The third-order valence-electron chi connectivity index (χ3n) is 2.46. The van der Waals surface area contributed by atoms with Crippen molar-refractivity contribution in [3.05, 3.63) is 33.6 Å². The molecule has 2 N–H and O–H groups in total. The van der Waals surface area contributed by atoms with Crippen molar-refractivity contribution in [2.24, 2.45) is 0 Å². The van der Waals surface area contributed by atoms with Gasteiger partial charge in [0.1, 0.15) is 9.71 Å². The molecular formula is C11H6BrNO2S. The Morgan fingerprint density at radius 2 is 2.12 bits per heavy atom. The maximum atomic E-state index is 10.9. The maximum Gasteiger partial charge on any atom is 0.345 e. The number of H-pyrrole nitrogens is 1. The van der Waals surface area contributed by atoms with Gasteiger partial charge in [-0.05, 0) is 24.3 Å². The summed E-state index contributed by atoms with van der Waals surface area (Å²) in [6.45, 7) is 0. The number of hydrogen-bond acceptors (Lipinski definition) is 2. The van der Waals surface area contributed by atoms with Gasteiger partial charge in [-0.25, -0.2) is 4.79 Å². The molecule has 3 aromatic rings. The first-order valence-corrected chi connectivity index (χ1v) is 6.20. The van der Waals surface area contributed by atoms with E-state index in [0.29, 0.717) is 4.88 Å². The first-order valence-electron chi connectivity index (χ1n) is 4.59. The average Bonchev–Trinajstić information content (AvgIpc) is 2.75. The van der Waals surface area contributed by atoms with E-state index in [1.54, 1.807) is 6.07 Å². The van der Waals surface area contributed by atoms with Crippen LogP contribution in [0.5, 0.6) is 0 Å². The summed E-state index contributed by atoms with van der Waals surface area (Å²) in [7, 11) is 0. The predicted molar refractivity (Wildman–Crippen MR) is 68.3 cm³/mol. The van der Waals surface area contributed by atoms with Crippen LogP contribution >= 0.6 is 27.3 Å². The van der Waals surface area contributed by atoms with Crippen LogP contribution in [0, 0.1) is 0 Å². The number of nitrogens with one attached hydrogen (secondary N) is 1. The molecule has 5 heteroatoms. The lowest BCUT2D eigenvalue weighted by molar-refractivity contribution is 0.0702. The zero-order chi connectivity index (χ0) is 11.3. The molecule has 0 unspecified atom stereocenters. The van der Waals surface area contributed by atoms with Crippen LogP contribution in [0.25, 0.3) is 21.1 Å². The van der Waals surface area contributed by atoms with Crippen molar-refractivity contribution in [1.82, 2.24) is 4.98 Å². The van der Waals surface area contributed by atoms with Gasteiger partial charge in [-0.15, -0.1) is 11.3 Å². The number of hydrogen-bond donors (Lipinski definition) is 2. The van der Waals surface area contributed by atoms with Gasteiger partial charge in [-0.3, -0.25) is 0 Å². The van der Waals surface area contributed by atoms with Crippen LogP contribution in [0.2, 0.25) is 0 Å². The van der Waals surface area contributed by atoms with Crippen LogP contribution in [0.1, 0.15) is 9.67 Å². The zero-order valence-electron chi connectivity index (χ0n) is 7.95. The second-order valence-electron chi connectivity index (χ2n) is 3.47. The van der Waals surface area contributed by atoms with Gasteiger partial charge in [-0.1, -0.05) is 15.9 Å². The second kappa shape index (κ2) is 3.33. The largest absolute Gasteiger partial charge is 0.477 e. The minimum Gasteiger partial charge on any atom is -0.477 e. The smallest absolute Gasteiger partial charge is 0.345 e. The number of aromatic nitrogens is 1. The molecule has 80 valence electrons. The third-order valence-corrected chi connectivity index (χ3v) is 3.99. The summed E-state index contributed by atoms with van der Waals surface area (Å²) >= 11 is 4.68. The first-order chi connectivity index (χ1) is 7.65. The summed E-state index contributed by atoms with van der Waals surface area (Å²) < 4.78 is 0.990. The quantitative estimate of drug-likeness (QED) is 0.716. The van der Waals surface area contributed by atoms with Crippen LogP contribution in [0.3, 0.4) is 0 Å². The number of rotatable bonds is 1.